The highest BCUT2D eigenvalue weighted by molar-refractivity contribution is 6.19. The van der Waals surface area contributed by atoms with Crippen LogP contribution in [-0.2, 0) is 9.59 Å². The van der Waals surface area contributed by atoms with Gasteiger partial charge in [0.25, 0.3) is 0 Å². The molecule has 5 nitrogen and oxygen atoms in total. The first-order chi connectivity index (χ1) is 8.17. The van der Waals surface area contributed by atoms with Gasteiger partial charge in [0.05, 0.1) is 16.8 Å². The van der Waals surface area contributed by atoms with Crippen molar-refractivity contribution in [3.8, 4) is 12.1 Å². The molecule has 1 saturated heterocycles. The molecule has 2 amide bonds. The molecule has 0 aromatic heterocycles. The molecule has 0 atom stereocenters. The normalized spacial score (nSPS) is 14.6. The zero-order valence-corrected chi connectivity index (χ0v) is 8.80. The van der Waals surface area contributed by atoms with Gasteiger partial charge in [0.1, 0.15) is 12.1 Å². The van der Waals surface area contributed by atoms with Gasteiger partial charge in [-0.15, -0.1) is 0 Å². The third-order valence-corrected chi connectivity index (χ3v) is 2.55. The summed E-state index contributed by atoms with van der Waals surface area (Å²) >= 11 is 0. The fourth-order valence-electron chi connectivity index (χ4n) is 1.73. The number of rotatable bonds is 1. The minimum absolute atomic E-state index is 0.164. The van der Waals surface area contributed by atoms with Crippen LogP contribution >= 0.6 is 0 Å². The van der Waals surface area contributed by atoms with Crippen LogP contribution in [0, 0.1) is 22.7 Å². The number of imide groups is 1. The molecule has 2 rings (SSSR count). The van der Waals surface area contributed by atoms with Gasteiger partial charge in [-0.2, -0.15) is 10.5 Å². The first-order valence-electron chi connectivity index (χ1n) is 4.97. The third kappa shape index (κ3) is 1.75. The Hall–Kier alpha value is -2.66. The second-order valence-corrected chi connectivity index (χ2v) is 3.58. The molecule has 0 N–H and O–H groups in total. The average molecular weight is 225 g/mol. The van der Waals surface area contributed by atoms with E-state index in [1.807, 2.05) is 12.1 Å². The lowest BCUT2D eigenvalue weighted by molar-refractivity contribution is -0.121. The van der Waals surface area contributed by atoms with Crippen molar-refractivity contribution in [3.05, 3.63) is 29.3 Å². The van der Waals surface area contributed by atoms with E-state index in [0.717, 1.165) is 4.90 Å². The molecule has 17 heavy (non-hydrogen) atoms. The Morgan fingerprint density at radius 2 is 1.59 bits per heavy atom. The smallest absolute Gasteiger partial charge is 0.234 e. The lowest BCUT2D eigenvalue weighted by Gasteiger charge is -2.13. The highest BCUT2D eigenvalue weighted by atomic mass is 16.2. The molecule has 1 aromatic carbocycles. The van der Waals surface area contributed by atoms with Crippen LogP contribution in [0.15, 0.2) is 18.2 Å². The van der Waals surface area contributed by atoms with E-state index in [4.69, 9.17) is 10.5 Å². The molecule has 0 radical (unpaired) electrons. The van der Waals surface area contributed by atoms with Crippen LogP contribution in [0.25, 0.3) is 0 Å². The summed E-state index contributed by atoms with van der Waals surface area (Å²) in [4.78, 5) is 24.1. The van der Waals surface area contributed by atoms with E-state index in [9.17, 15) is 9.59 Å². The number of hydrogen-bond acceptors (Lipinski definition) is 4. The second-order valence-electron chi connectivity index (χ2n) is 3.58. The van der Waals surface area contributed by atoms with Crippen molar-refractivity contribution in [1.29, 1.82) is 10.5 Å². The van der Waals surface area contributed by atoms with E-state index in [1.54, 1.807) is 0 Å². The average Bonchev–Trinajstić information content (AvgIpc) is 2.68. The third-order valence-electron chi connectivity index (χ3n) is 2.55. The fourth-order valence-corrected chi connectivity index (χ4v) is 1.73. The predicted molar refractivity (Wildman–Crippen MR) is 57.6 cm³/mol. The molecular weight excluding hydrogens is 218 g/mol. The van der Waals surface area contributed by atoms with Crippen LogP contribution in [0.2, 0.25) is 0 Å². The number of benzene rings is 1. The van der Waals surface area contributed by atoms with Gasteiger partial charge in [0.15, 0.2) is 0 Å². The SMILES string of the molecule is N#Cc1ccc(N2C(=O)CCC2=O)cc1C#N. The highest BCUT2D eigenvalue weighted by Gasteiger charge is 2.30. The second kappa shape index (κ2) is 4.07. The van der Waals surface area contributed by atoms with Crippen LogP contribution in [0.3, 0.4) is 0 Å². The fraction of sp³-hybridized carbons (Fsp3) is 0.167. The zero-order chi connectivity index (χ0) is 12.4. The number of carbonyl (C=O) groups excluding carboxylic acids is 2. The summed E-state index contributed by atoms with van der Waals surface area (Å²) in [6.07, 6.45) is 0.390. The maximum absolute atomic E-state index is 11.5. The van der Waals surface area contributed by atoms with Crippen molar-refractivity contribution >= 4 is 17.5 Å². The first kappa shape index (κ1) is 10.8. The molecule has 0 bridgehead atoms. The summed E-state index contributed by atoms with van der Waals surface area (Å²) in [5.74, 6) is -0.549. The molecule has 1 fully saturated rings. The monoisotopic (exact) mass is 225 g/mol. The van der Waals surface area contributed by atoms with Gasteiger partial charge in [0.2, 0.25) is 11.8 Å². The van der Waals surface area contributed by atoms with Gasteiger partial charge in [-0.05, 0) is 18.2 Å². The summed E-state index contributed by atoms with van der Waals surface area (Å²) in [5, 5.41) is 17.6. The molecular formula is C12H7N3O2. The summed E-state index contributed by atoms with van der Waals surface area (Å²) in [6, 6.07) is 8.07. The van der Waals surface area contributed by atoms with E-state index in [2.05, 4.69) is 0 Å². The molecule has 0 unspecified atom stereocenters. The van der Waals surface area contributed by atoms with Crippen molar-refractivity contribution in [2.45, 2.75) is 12.8 Å². The summed E-state index contributed by atoms with van der Waals surface area (Å²) in [5.41, 5.74) is 0.751. The molecule has 0 saturated carbocycles. The van der Waals surface area contributed by atoms with Gasteiger partial charge in [-0.25, -0.2) is 0 Å². The molecule has 1 aromatic rings. The Bertz CT molecular complexity index is 577. The van der Waals surface area contributed by atoms with Crippen LogP contribution in [0.4, 0.5) is 5.69 Å². The number of nitriles is 2. The van der Waals surface area contributed by atoms with E-state index < -0.39 is 0 Å². The summed E-state index contributed by atoms with van der Waals surface area (Å²) < 4.78 is 0. The van der Waals surface area contributed by atoms with Crippen LogP contribution in [0.1, 0.15) is 24.0 Å². The molecule has 1 aliphatic rings. The zero-order valence-electron chi connectivity index (χ0n) is 8.80. The minimum Gasteiger partial charge on any atom is -0.274 e. The van der Waals surface area contributed by atoms with Crippen molar-refractivity contribution in [2.75, 3.05) is 4.90 Å². The summed E-state index contributed by atoms with van der Waals surface area (Å²) in [6.45, 7) is 0. The van der Waals surface area contributed by atoms with Gasteiger partial charge in [-0.3, -0.25) is 14.5 Å². The van der Waals surface area contributed by atoms with Crippen LogP contribution in [0.5, 0.6) is 0 Å². The van der Waals surface area contributed by atoms with E-state index in [-0.39, 0.29) is 35.8 Å². The Balaban J connectivity index is 2.48. The van der Waals surface area contributed by atoms with E-state index in [0.29, 0.717) is 5.69 Å². The van der Waals surface area contributed by atoms with Crippen molar-refractivity contribution < 1.29 is 9.59 Å². The van der Waals surface area contributed by atoms with Crippen LogP contribution in [-0.4, -0.2) is 11.8 Å². The van der Waals surface area contributed by atoms with Gasteiger partial charge in [-0.1, -0.05) is 0 Å². The standard InChI is InChI=1S/C12H7N3O2/c13-6-8-1-2-10(5-9(8)7-14)15-11(16)3-4-12(15)17/h1-2,5H,3-4H2. The topological polar surface area (TPSA) is 85.0 Å². The molecule has 1 aliphatic heterocycles. The number of carbonyl (C=O) groups is 2. The maximum atomic E-state index is 11.5. The molecule has 0 aliphatic carbocycles. The van der Waals surface area contributed by atoms with Crippen molar-refractivity contribution in [3.63, 3.8) is 0 Å². The van der Waals surface area contributed by atoms with Gasteiger partial charge < -0.3 is 0 Å². The maximum Gasteiger partial charge on any atom is 0.234 e. The van der Waals surface area contributed by atoms with Crippen LogP contribution < -0.4 is 4.90 Å². The number of hydrogen-bond donors (Lipinski definition) is 0. The van der Waals surface area contributed by atoms with E-state index >= 15 is 0 Å². The molecule has 1 heterocycles. The van der Waals surface area contributed by atoms with E-state index in [1.165, 1.54) is 18.2 Å². The number of anilines is 1. The predicted octanol–water partition coefficient (Wildman–Crippen LogP) is 1.08. The highest BCUT2D eigenvalue weighted by Crippen LogP contribution is 2.24. The number of amides is 2. The Morgan fingerprint density at radius 1 is 1.00 bits per heavy atom. The number of nitrogens with zero attached hydrogens (tertiary/aromatic N) is 3. The van der Waals surface area contributed by atoms with Gasteiger partial charge >= 0.3 is 0 Å². The Kier molecular flexibility index (Phi) is 2.60. The van der Waals surface area contributed by atoms with Crippen molar-refractivity contribution in [2.24, 2.45) is 0 Å². The van der Waals surface area contributed by atoms with Gasteiger partial charge in [0, 0.05) is 12.8 Å². The lowest BCUT2D eigenvalue weighted by atomic mass is 10.1. The van der Waals surface area contributed by atoms with Crippen molar-refractivity contribution in [1.82, 2.24) is 0 Å². The first-order valence-corrected chi connectivity index (χ1v) is 4.97. The Morgan fingerprint density at radius 3 is 2.12 bits per heavy atom. The Labute approximate surface area is 97.5 Å². The largest absolute Gasteiger partial charge is 0.274 e. The molecule has 0 spiro atoms. The minimum atomic E-state index is -0.274. The summed E-state index contributed by atoms with van der Waals surface area (Å²) in [7, 11) is 0. The molecule has 5 heteroatoms. The lowest BCUT2D eigenvalue weighted by Crippen LogP contribution is -2.28. The quantitative estimate of drug-likeness (QED) is 0.669. The molecule has 82 valence electrons.